The second kappa shape index (κ2) is 6.69. The predicted molar refractivity (Wildman–Crippen MR) is 80.4 cm³/mol. The number of rotatable bonds is 4. The van der Waals surface area contributed by atoms with Crippen LogP contribution in [0.2, 0.25) is 0 Å². The Morgan fingerprint density at radius 2 is 2.00 bits per heavy atom. The van der Waals surface area contributed by atoms with Crippen molar-refractivity contribution in [3.8, 4) is 0 Å². The first-order valence-corrected chi connectivity index (χ1v) is 7.65. The zero-order valence-corrected chi connectivity index (χ0v) is 12.7. The fourth-order valence-electron chi connectivity index (χ4n) is 3.06. The molecule has 2 N–H and O–H groups in total. The van der Waals surface area contributed by atoms with Crippen LogP contribution < -0.4 is 5.73 Å². The Bertz CT molecular complexity index is 381. The third-order valence-electron chi connectivity index (χ3n) is 4.12. The van der Waals surface area contributed by atoms with Crippen LogP contribution in [0.5, 0.6) is 0 Å². The van der Waals surface area contributed by atoms with E-state index in [-0.39, 0.29) is 0 Å². The van der Waals surface area contributed by atoms with Crippen molar-refractivity contribution in [2.45, 2.75) is 38.3 Å². The van der Waals surface area contributed by atoms with Crippen molar-refractivity contribution in [2.75, 3.05) is 13.6 Å². The highest BCUT2D eigenvalue weighted by Gasteiger charge is 2.27. The van der Waals surface area contributed by atoms with Crippen LogP contribution in [-0.2, 0) is 6.54 Å². The van der Waals surface area contributed by atoms with Gasteiger partial charge >= 0.3 is 0 Å². The van der Waals surface area contributed by atoms with Gasteiger partial charge < -0.3 is 5.73 Å². The van der Waals surface area contributed by atoms with E-state index in [1.807, 2.05) is 0 Å². The molecule has 2 atom stereocenters. The van der Waals surface area contributed by atoms with Gasteiger partial charge in [0.2, 0.25) is 0 Å². The molecule has 100 valence electrons. The molecule has 0 bridgehead atoms. The summed E-state index contributed by atoms with van der Waals surface area (Å²) in [6, 6.07) is 9.13. The Hall–Kier alpha value is -0.380. The minimum atomic E-state index is 0.649. The number of nitrogens with zero attached hydrogens (tertiary/aromatic N) is 1. The standard InChI is InChI=1S/C15H23BrN2/c1-18(11-13-7-2-4-8-14(13)16)15-9-5-3-6-12(15)10-17/h2,4,7-8,12,15H,3,5-6,9-11,17H2,1H3. The van der Waals surface area contributed by atoms with Crippen LogP contribution in [0.1, 0.15) is 31.2 Å². The van der Waals surface area contributed by atoms with Crippen LogP contribution in [0.15, 0.2) is 28.7 Å². The van der Waals surface area contributed by atoms with Crippen molar-refractivity contribution in [3.05, 3.63) is 34.3 Å². The first kappa shape index (κ1) is 14.0. The maximum atomic E-state index is 5.92. The van der Waals surface area contributed by atoms with Crippen molar-refractivity contribution >= 4 is 15.9 Å². The molecule has 1 aromatic carbocycles. The lowest BCUT2D eigenvalue weighted by Gasteiger charge is -2.37. The smallest absolute Gasteiger partial charge is 0.0244 e. The minimum Gasteiger partial charge on any atom is -0.330 e. The second-order valence-corrected chi connectivity index (χ2v) is 6.21. The number of hydrogen-bond acceptors (Lipinski definition) is 2. The number of halogens is 1. The lowest BCUT2D eigenvalue weighted by Crippen LogP contribution is -2.42. The summed E-state index contributed by atoms with van der Waals surface area (Å²) in [5.74, 6) is 0.672. The van der Waals surface area contributed by atoms with E-state index in [0.717, 1.165) is 13.1 Å². The van der Waals surface area contributed by atoms with Gasteiger partial charge in [0.25, 0.3) is 0 Å². The Morgan fingerprint density at radius 3 is 2.72 bits per heavy atom. The van der Waals surface area contributed by atoms with Crippen LogP contribution in [0.3, 0.4) is 0 Å². The summed E-state index contributed by atoms with van der Waals surface area (Å²) in [7, 11) is 2.23. The monoisotopic (exact) mass is 310 g/mol. The largest absolute Gasteiger partial charge is 0.330 e. The Labute approximate surface area is 119 Å². The summed E-state index contributed by atoms with van der Waals surface area (Å²) in [6.07, 6.45) is 5.28. The van der Waals surface area contributed by atoms with Crippen molar-refractivity contribution in [3.63, 3.8) is 0 Å². The molecule has 1 saturated carbocycles. The summed E-state index contributed by atoms with van der Waals surface area (Å²) in [4.78, 5) is 2.48. The molecule has 0 radical (unpaired) electrons. The summed E-state index contributed by atoms with van der Waals surface area (Å²) < 4.78 is 1.21. The molecule has 0 spiro atoms. The molecule has 1 aromatic rings. The maximum Gasteiger partial charge on any atom is 0.0244 e. The van der Waals surface area contributed by atoms with Crippen LogP contribution in [0.25, 0.3) is 0 Å². The minimum absolute atomic E-state index is 0.649. The van der Waals surface area contributed by atoms with Crippen LogP contribution in [0, 0.1) is 5.92 Å². The number of hydrogen-bond donors (Lipinski definition) is 1. The van der Waals surface area contributed by atoms with Gasteiger partial charge in [-0.1, -0.05) is 47.0 Å². The number of nitrogens with two attached hydrogens (primary N) is 1. The van der Waals surface area contributed by atoms with Crippen molar-refractivity contribution < 1.29 is 0 Å². The van der Waals surface area contributed by atoms with Crippen molar-refractivity contribution in [1.82, 2.24) is 4.90 Å². The van der Waals surface area contributed by atoms with Gasteiger partial charge in [-0.15, -0.1) is 0 Å². The molecule has 0 heterocycles. The fourth-order valence-corrected chi connectivity index (χ4v) is 3.47. The van der Waals surface area contributed by atoms with E-state index in [0.29, 0.717) is 12.0 Å². The summed E-state index contributed by atoms with van der Waals surface area (Å²) >= 11 is 3.63. The highest BCUT2D eigenvalue weighted by Crippen LogP contribution is 2.29. The Balaban J connectivity index is 2.02. The molecule has 1 aliphatic carbocycles. The topological polar surface area (TPSA) is 29.3 Å². The molecule has 3 heteroatoms. The molecular weight excluding hydrogens is 288 g/mol. The molecule has 1 fully saturated rings. The lowest BCUT2D eigenvalue weighted by atomic mass is 9.83. The highest BCUT2D eigenvalue weighted by molar-refractivity contribution is 9.10. The zero-order chi connectivity index (χ0) is 13.0. The quantitative estimate of drug-likeness (QED) is 0.923. The van der Waals surface area contributed by atoms with Gasteiger partial charge in [-0.2, -0.15) is 0 Å². The van der Waals surface area contributed by atoms with Gasteiger partial charge in [0, 0.05) is 17.1 Å². The molecular formula is C15H23BrN2. The lowest BCUT2D eigenvalue weighted by molar-refractivity contribution is 0.127. The first-order chi connectivity index (χ1) is 8.72. The van der Waals surface area contributed by atoms with Crippen molar-refractivity contribution in [1.29, 1.82) is 0 Å². The van der Waals surface area contributed by atoms with E-state index >= 15 is 0 Å². The SMILES string of the molecule is CN(Cc1ccccc1Br)C1CCCCC1CN. The van der Waals surface area contributed by atoms with E-state index in [9.17, 15) is 0 Å². The molecule has 0 saturated heterocycles. The van der Waals surface area contributed by atoms with E-state index in [4.69, 9.17) is 5.73 Å². The third kappa shape index (κ3) is 3.34. The zero-order valence-electron chi connectivity index (χ0n) is 11.1. The van der Waals surface area contributed by atoms with Gasteiger partial charge in [-0.3, -0.25) is 4.90 Å². The molecule has 18 heavy (non-hydrogen) atoms. The van der Waals surface area contributed by atoms with Crippen LogP contribution in [-0.4, -0.2) is 24.5 Å². The van der Waals surface area contributed by atoms with Gasteiger partial charge in [0.1, 0.15) is 0 Å². The van der Waals surface area contributed by atoms with Gasteiger partial charge in [0.15, 0.2) is 0 Å². The molecule has 2 rings (SSSR count). The second-order valence-electron chi connectivity index (χ2n) is 5.35. The molecule has 2 nitrogen and oxygen atoms in total. The molecule has 0 amide bonds. The highest BCUT2D eigenvalue weighted by atomic mass is 79.9. The van der Waals surface area contributed by atoms with E-state index < -0.39 is 0 Å². The fraction of sp³-hybridized carbons (Fsp3) is 0.600. The summed E-state index contributed by atoms with van der Waals surface area (Å²) in [5.41, 5.74) is 7.28. The van der Waals surface area contributed by atoms with E-state index in [2.05, 4.69) is 52.1 Å². The Kier molecular flexibility index (Phi) is 5.22. The van der Waals surface area contributed by atoms with Crippen LogP contribution >= 0.6 is 15.9 Å². The van der Waals surface area contributed by atoms with Crippen LogP contribution in [0.4, 0.5) is 0 Å². The average Bonchev–Trinajstić information content (AvgIpc) is 2.41. The summed E-state index contributed by atoms with van der Waals surface area (Å²) in [5, 5.41) is 0. The van der Waals surface area contributed by atoms with E-state index in [1.165, 1.54) is 35.7 Å². The van der Waals surface area contributed by atoms with Gasteiger partial charge in [0.05, 0.1) is 0 Å². The molecule has 0 aliphatic heterocycles. The molecule has 0 aromatic heterocycles. The number of benzene rings is 1. The predicted octanol–water partition coefficient (Wildman–Crippen LogP) is 3.40. The summed E-state index contributed by atoms with van der Waals surface area (Å²) in [6.45, 7) is 1.83. The molecule has 1 aliphatic rings. The molecule has 2 unspecified atom stereocenters. The first-order valence-electron chi connectivity index (χ1n) is 6.86. The van der Waals surface area contributed by atoms with Crippen molar-refractivity contribution in [2.24, 2.45) is 11.7 Å². The maximum absolute atomic E-state index is 5.92. The van der Waals surface area contributed by atoms with Gasteiger partial charge in [-0.05, 0) is 44.0 Å². The normalized spacial score (nSPS) is 24.4. The average molecular weight is 311 g/mol. The Morgan fingerprint density at radius 1 is 1.28 bits per heavy atom. The van der Waals surface area contributed by atoms with Gasteiger partial charge in [-0.25, -0.2) is 0 Å². The third-order valence-corrected chi connectivity index (χ3v) is 4.89. The van der Waals surface area contributed by atoms with E-state index in [1.54, 1.807) is 0 Å².